The second-order valence-electron chi connectivity index (χ2n) is 5.02. The Bertz CT molecular complexity index is 982. The Morgan fingerprint density at radius 3 is 2.04 bits per heavy atom. The Balaban J connectivity index is 2.42. The number of nitrogen functional groups attached to an aromatic ring is 2. The van der Waals surface area contributed by atoms with E-state index in [2.05, 4.69) is 0 Å². The van der Waals surface area contributed by atoms with E-state index in [1.807, 2.05) is 0 Å². The number of benzene rings is 2. The smallest absolute Gasteiger partial charge is 0.294 e. The van der Waals surface area contributed by atoms with Gasteiger partial charge in [-0.15, -0.1) is 0 Å². The van der Waals surface area contributed by atoms with Gasteiger partial charge in [0.15, 0.2) is 5.78 Å². The molecule has 1 aliphatic rings. The molecule has 120 valence electrons. The van der Waals surface area contributed by atoms with Crippen molar-refractivity contribution in [1.29, 1.82) is 0 Å². The predicted octanol–water partition coefficient (Wildman–Crippen LogP) is 1.44. The van der Waals surface area contributed by atoms with Gasteiger partial charge >= 0.3 is 0 Å². The minimum atomic E-state index is -0.869. The predicted molar refractivity (Wildman–Crippen MR) is 81.9 cm³/mol. The van der Waals surface area contributed by atoms with Crippen molar-refractivity contribution in [3.05, 3.63) is 66.7 Å². The summed E-state index contributed by atoms with van der Waals surface area (Å²) in [5.74, 6) is -1.69. The molecule has 10 heteroatoms. The van der Waals surface area contributed by atoms with Crippen LogP contribution in [0, 0.1) is 20.2 Å². The highest BCUT2D eigenvalue weighted by Gasteiger charge is 2.40. The van der Waals surface area contributed by atoms with Crippen molar-refractivity contribution in [3.63, 3.8) is 0 Å². The highest BCUT2D eigenvalue weighted by atomic mass is 16.6. The van der Waals surface area contributed by atoms with Crippen molar-refractivity contribution in [2.24, 2.45) is 0 Å². The van der Waals surface area contributed by atoms with Gasteiger partial charge in [0, 0.05) is 17.7 Å². The maximum Gasteiger partial charge on any atom is 0.294 e. The number of nitro groups is 2. The molecular formula is C14H8N4O6. The molecule has 0 radical (unpaired) electrons. The van der Waals surface area contributed by atoms with Crippen molar-refractivity contribution < 1.29 is 19.4 Å². The molecule has 0 heterocycles. The van der Waals surface area contributed by atoms with Gasteiger partial charge in [0.05, 0.1) is 26.7 Å². The SMILES string of the molecule is Nc1cc([N+](=O)[O-])c(N)c2c1C(=O)c1c(cccc1[N+](=O)[O-])C2=O. The normalized spacial score (nSPS) is 12.5. The molecule has 1 aliphatic carbocycles. The van der Waals surface area contributed by atoms with E-state index in [1.165, 1.54) is 12.1 Å². The van der Waals surface area contributed by atoms with Crippen LogP contribution in [0.2, 0.25) is 0 Å². The molecule has 0 bridgehead atoms. The van der Waals surface area contributed by atoms with Crippen molar-refractivity contribution >= 4 is 34.3 Å². The van der Waals surface area contributed by atoms with E-state index < -0.39 is 49.6 Å². The van der Waals surface area contributed by atoms with Crippen LogP contribution in [-0.2, 0) is 0 Å². The maximum absolute atomic E-state index is 12.7. The average Bonchev–Trinajstić information content (AvgIpc) is 2.53. The van der Waals surface area contributed by atoms with Crippen LogP contribution in [0.25, 0.3) is 0 Å². The van der Waals surface area contributed by atoms with Crippen LogP contribution in [-0.4, -0.2) is 21.4 Å². The first-order valence-corrected chi connectivity index (χ1v) is 6.48. The third-order valence-corrected chi connectivity index (χ3v) is 3.74. The van der Waals surface area contributed by atoms with Gasteiger partial charge in [0.2, 0.25) is 5.78 Å². The first-order valence-electron chi connectivity index (χ1n) is 6.48. The molecule has 3 rings (SSSR count). The molecule has 0 amide bonds. The average molecular weight is 328 g/mol. The van der Waals surface area contributed by atoms with E-state index in [1.54, 1.807) is 0 Å². The van der Waals surface area contributed by atoms with Crippen molar-refractivity contribution in [2.75, 3.05) is 11.5 Å². The van der Waals surface area contributed by atoms with Gasteiger partial charge in [0.1, 0.15) is 11.3 Å². The minimum Gasteiger partial charge on any atom is -0.398 e. The maximum atomic E-state index is 12.7. The van der Waals surface area contributed by atoms with Crippen LogP contribution in [0.5, 0.6) is 0 Å². The summed E-state index contributed by atoms with van der Waals surface area (Å²) in [7, 11) is 0. The fourth-order valence-electron chi connectivity index (χ4n) is 2.72. The lowest BCUT2D eigenvalue weighted by Gasteiger charge is -2.20. The second-order valence-corrected chi connectivity index (χ2v) is 5.02. The zero-order chi connectivity index (χ0) is 17.8. The Morgan fingerprint density at radius 1 is 0.833 bits per heavy atom. The number of nitrogens with two attached hydrogens (primary N) is 2. The number of hydrogen-bond donors (Lipinski definition) is 2. The van der Waals surface area contributed by atoms with Gasteiger partial charge in [-0.05, 0) is 6.07 Å². The van der Waals surface area contributed by atoms with Gasteiger partial charge in [0.25, 0.3) is 11.4 Å². The summed E-state index contributed by atoms with van der Waals surface area (Å²) in [5, 5.41) is 22.2. The largest absolute Gasteiger partial charge is 0.398 e. The third kappa shape index (κ3) is 1.83. The van der Waals surface area contributed by atoms with Crippen LogP contribution >= 0.6 is 0 Å². The molecule has 0 aliphatic heterocycles. The second kappa shape index (κ2) is 4.84. The number of fused-ring (bicyclic) bond motifs is 2. The summed E-state index contributed by atoms with van der Waals surface area (Å²) in [6, 6.07) is 4.41. The number of carbonyl (C=O) groups excluding carboxylic acids is 2. The van der Waals surface area contributed by atoms with E-state index in [0.717, 1.165) is 12.1 Å². The number of carbonyl (C=O) groups is 2. The fourth-order valence-corrected chi connectivity index (χ4v) is 2.72. The zero-order valence-corrected chi connectivity index (χ0v) is 11.8. The summed E-state index contributed by atoms with van der Waals surface area (Å²) in [6.07, 6.45) is 0. The van der Waals surface area contributed by atoms with E-state index >= 15 is 0 Å². The number of rotatable bonds is 2. The van der Waals surface area contributed by atoms with Crippen molar-refractivity contribution in [1.82, 2.24) is 0 Å². The molecule has 2 aromatic rings. The van der Waals surface area contributed by atoms with Crippen LogP contribution < -0.4 is 11.5 Å². The standard InChI is InChI=1S/C14H8N4O6/c15-6-4-8(18(23)24)12(16)11-10(6)14(20)9-5(13(11)19)2-1-3-7(9)17(21)22/h1-4H,15-16H2. The summed E-state index contributed by atoms with van der Waals surface area (Å²) >= 11 is 0. The molecule has 0 unspecified atom stereocenters. The Kier molecular flexibility index (Phi) is 3.04. The number of ketones is 2. The van der Waals surface area contributed by atoms with Crippen molar-refractivity contribution in [3.8, 4) is 0 Å². The Morgan fingerprint density at radius 2 is 1.46 bits per heavy atom. The first-order chi connectivity index (χ1) is 11.3. The molecule has 2 aromatic carbocycles. The van der Waals surface area contributed by atoms with E-state index in [0.29, 0.717) is 0 Å². The number of nitrogens with zero attached hydrogens (tertiary/aromatic N) is 2. The van der Waals surface area contributed by atoms with E-state index in [9.17, 15) is 29.8 Å². The number of anilines is 2. The molecule has 0 saturated heterocycles. The van der Waals surface area contributed by atoms with Gasteiger partial charge in [-0.3, -0.25) is 29.8 Å². The van der Waals surface area contributed by atoms with Crippen molar-refractivity contribution in [2.45, 2.75) is 0 Å². The van der Waals surface area contributed by atoms with Crippen LogP contribution in [0.15, 0.2) is 24.3 Å². The lowest BCUT2D eigenvalue weighted by atomic mass is 9.81. The Hall–Kier alpha value is -3.82. The van der Waals surface area contributed by atoms with Crippen LogP contribution in [0.3, 0.4) is 0 Å². The number of nitro benzene ring substituents is 2. The first kappa shape index (κ1) is 15.1. The highest BCUT2D eigenvalue weighted by Crippen LogP contribution is 2.41. The zero-order valence-electron chi connectivity index (χ0n) is 11.8. The summed E-state index contributed by atoms with van der Waals surface area (Å²) in [5.41, 5.74) is 7.96. The van der Waals surface area contributed by atoms with Crippen LogP contribution in [0.1, 0.15) is 31.8 Å². The quantitative estimate of drug-likeness (QED) is 0.403. The molecule has 24 heavy (non-hydrogen) atoms. The third-order valence-electron chi connectivity index (χ3n) is 3.74. The Labute approximate surface area is 133 Å². The van der Waals surface area contributed by atoms with E-state index in [-0.39, 0.29) is 16.8 Å². The molecular weight excluding hydrogens is 320 g/mol. The molecule has 0 aromatic heterocycles. The van der Waals surface area contributed by atoms with Gasteiger partial charge in [-0.2, -0.15) is 0 Å². The fraction of sp³-hybridized carbons (Fsp3) is 0. The minimum absolute atomic E-state index is 0.242. The monoisotopic (exact) mass is 328 g/mol. The highest BCUT2D eigenvalue weighted by molar-refractivity contribution is 6.33. The topological polar surface area (TPSA) is 172 Å². The van der Waals surface area contributed by atoms with Crippen LogP contribution in [0.4, 0.5) is 22.7 Å². The number of hydrogen-bond acceptors (Lipinski definition) is 8. The van der Waals surface area contributed by atoms with Gasteiger partial charge < -0.3 is 11.5 Å². The molecule has 0 atom stereocenters. The molecule has 0 spiro atoms. The summed E-state index contributed by atoms with van der Waals surface area (Å²) in [6.45, 7) is 0. The molecule has 0 fully saturated rings. The summed E-state index contributed by atoms with van der Waals surface area (Å²) in [4.78, 5) is 45.8. The van der Waals surface area contributed by atoms with E-state index in [4.69, 9.17) is 11.5 Å². The van der Waals surface area contributed by atoms with Gasteiger partial charge in [-0.25, -0.2) is 0 Å². The lowest BCUT2D eigenvalue weighted by molar-refractivity contribution is -0.385. The summed E-state index contributed by atoms with van der Waals surface area (Å²) < 4.78 is 0. The lowest BCUT2D eigenvalue weighted by Crippen LogP contribution is -2.25. The molecule has 4 N–H and O–H groups in total. The molecule has 0 saturated carbocycles. The van der Waals surface area contributed by atoms with Gasteiger partial charge in [-0.1, -0.05) is 6.07 Å². The molecule has 10 nitrogen and oxygen atoms in total.